The monoisotopic (exact) mass is 518 g/mol. The van der Waals surface area contributed by atoms with Crippen molar-refractivity contribution in [1.29, 1.82) is 0 Å². The molecule has 0 radical (unpaired) electrons. The van der Waals surface area contributed by atoms with E-state index in [2.05, 4.69) is 5.32 Å². The zero-order valence-corrected chi connectivity index (χ0v) is 21.0. The molecule has 2 atom stereocenters. The van der Waals surface area contributed by atoms with Crippen LogP contribution in [0, 0.1) is 19.3 Å². The van der Waals surface area contributed by atoms with Gasteiger partial charge in [0.25, 0.3) is 0 Å². The van der Waals surface area contributed by atoms with E-state index in [9.17, 15) is 31.1 Å². The Morgan fingerprint density at radius 1 is 1.06 bits per heavy atom. The van der Waals surface area contributed by atoms with Gasteiger partial charge in [-0.15, -0.1) is 0 Å². The number of nitrogens with one attached hydrogen (secondary N) is 1. The fourth-order valence-corrected chi connectivity index (χ4v) is 5.09. The number of hydrogen-bond donors (Lipinski definition) is 1. The molecule has 1 N–H and O–H groups in total. The lowest BCUT2D eigenvalue weighted by Crippen LogP contribution is -2.42. The first-order chi connectivity index (χ1) is 16.4. The van der Waals surface area contributed by atoms with Crippen LogP contribution in [0.3, 0.4) is 0 Å². The molecule has 200 valence electrons. The van der Waals surface area contributed by atoms with Crippen LogP contribution in [0.2, 0.25) is 0 Å². The number of aryl methyl sites for hydroxylation is 2. The van der Waals surface area contributed by atoms with Crippen molar-refractivity contribution in [2.75, 3.05) is 0 Å². The summed E-state index contributed by atoms with van der Waals surface area (Å²) in [6.45, 7) is 8.49. The molecule has 0 aliphatic heterocycles. The summed E-state index contributed by atoms with van der Waals surface area (Å²) in [5.41, 5.74) is -1.54. The smallest absolute Gasteiger partial charge is 0.416 e. The van der Waals surface area contributed by atoms with E-state index in [1.807, 2.05) is 30.5 Å². The van der Waals surface area contributed by atoms with E-state index in [0.717, 1.165) is 23.5 Å². The quantitative estimate of drug-likeness (QED) is 0.409. The van der Waals surface area contributed by atoms with E-state index in [-0.39, 0.29) is 36.7 Å². The third-order valence-corrected chi connectivity index (χ3v) is 6.54. The van der Waals surface area contributed by atoms with Crippen LogP contribution in [-0.4, -0.2) is 22.3 Å². The molecule has 1 amide bonds. The number of alkyl halides is 6. The molecule has 1 saturated carbocycles. The summed E-state index contributed by atoms with van der Waals surface area (Å²) in [5.74, 6) is -0.688. The molecule has 1 aliphatic carbocycles. The van der Waals surface area contributed by atoms with Crippen LogP contribution in [-0.2, 0) is 17.5 Å². The van der Waals surface area contributed by atoms with Crippen molar-refractivity contribution in [3.05, 3.63) is 52.8 Å². The van der Waals surface area contributed by atoms with Gasteiger partial charge in [0.05, 0.1) is 17.4 Å². The molecule has 1 unspecified atom stereocenters. The summed E-state index contributed by atoms with van der Waals surface area (Å²) in [5, 5.41) is 2.51. The molecule has 3 rings (SSSR count). The molecule has 4 nitrogen and oxygen atoms in total. The van der Waals surface area contributed by atoms with Crippen LogP contribution >= 0.6 is 0 Å². The molecule has 1 aromatic heterocycles. The zero-order chi connectivity index (χ0) is 27.1. The maximum atomic E-state index is 13.6. The molecular weight excluding hydrogens is 486 g/mol. The lowest BCUT2D eigenvalue weighted by molar-refractivity contribution is -0.168. The summed E-state index contributed by atoms with van der Waals surface area (Å²) in [4.78, 5) is 13.3. The lowest BCUT2D eigenvalue weighted by Gasteiger charge is -2.30. The number of benzene rings is 1. The van der Waals surface area contributed by atoms with Crippen LogP contribution in [0.25, 0.3) is 0 Å². The Kier molecular flexibility index (Phi) is 7.50. The molecule has 1 heterocycles. The predicted molar refractivity (Wildman–Crippen MR) is 124 cm³/mol. The van der Waals surface area contributed by atoms with E-state index in [4.69, 9.17) is 4.74 Å². The van der Waals surface area contributed by atoms with Gasteiger partial charge in [-0.05, 0) is 84.2 Å². The summed E-state index contributed by atoms with van der Waals surface area (Å²) in [7, 11) is 0. The number of hydrogen-bond acceptors (Lipinski definition) is 2. The normalized spacial score (nSPS) is 21.0. The lowest BCUT2D eigenvalue weighted by atomic mass is 9.81. The number of halogens is 6. The van der Waals surface area contributed by atoms with Crippen LogP contribution in [0.15, 0.2) is 30.3 Å². The SMILES string of the molecule is Cc1ccc(C)n1C1CC[C@](CC(F)(F)F)(C(=O)NCc2cc(C(F)(F)F)ccc2OC(C)(C)C)C1. The highest BCUT2D eigenvalue weighted by Crippen LogP contribution is 2.51. The van der Waals surface area contributed by atoms with E-state index in [0.29, 0.717) is 6.42 Å². The Hall–Kier alpha value is -2.65. The number of carbonyl (C=O) groups excluding carboxylic acids is 1. The molecule has 10 heteroatoms. The minimum Gasteiger partial charge on any atom is -0.488 e. The predicted octanol–water partition coefficient (Wildman–Crippen LogP) is 7.28. The highest BCUT2D eigenvalue weighted by molar-refractivity contribution is 5.83. The van der Waals surface area contributed by atoms with Gasteiger partial charge in [0, 0.05) is 29.5 Å². The third kappa shape index (κ3) is 6.56. The van der Waals surface area contributed by atoms with Crippen molar-refractivity contribution in [3.8, 4) is 5.75 Å². The van der Waals surface area contributed by atoms with Gasteiger partial charge >= 0.3 is 12.4 Å². The van der Waals surface area contributed by atoms with Crippen molar-refractivity contribution in [2.24, 2.45) is 5.41 Å². The Labute approximate surface area is 207 Å². The van der Waals surface area contributed by atoms with Gasteiger partial charge in [0.15, 0.2) is 0 Å². The summed E-state index contributed by atoms with van der Waals surface area (Å²) in [6.07, 6.45) is -10.1. The van der Waals surface area contributed by atoms with Crippen LogP contribution in [0.1, 0.15) is 75.0 Å². The molecule has 1 fully saturated rings. The van der Waals surface area contributed by atoms with E-state index in [1.165, 1.54) is 6.07 Å². The average Bonchev–Trinajstić information content (AvgIpc) is 3.26. The second-order valence-electron chi connectivity index (χ2n) is 10.7. The highest BCUT2D eigenvalue weighted by atomic mass is 19.4. The third-order valence-electron chi connectivity index (χ3n) is 6.54. The van der Waals surface area contributed by atoms with Gasteiger partial charge in [-0.3, -0.25) is 4.79 Å². The maximum Gasteiger partial charge on any atom is 0.416 e. The van der Waals surface area contributed by atoms with Crippen LogP contribution in [0.5, 0.6) is 5.75 Å². The fraction of sp³-hybridized carbons (Fsp3) is 0.577. The maximum absolute atomic E-state index is 13.6. The molecule has 0 bridgehead atoms. The second-order valence-corrected chi connectivity index (χ2v) is 10.7. The van der Waals surface area contributed by atoms with Gasteiger partial charge in [0.1, 0.15) is 11.4 Å². The fourth-order valence-electron chi connectivity index (χ4n) is 5.09. The van der Waals surface area contributed by atoms with Crippen molar-refractivity contribution in [3.63, 3.8) is 0 Å². The van der Waals surface area contributed by atoms with E-state index >= 15 is 0 Å². The Morgan fingerprint density at radius 2 is 1.67 bits per heavy atom. The number of ether oxygens (including phenoxy) is 1. The molecule has 1 aromatic carbocycles. The summed E-state index contributed by atoms with van der Waals surface area (Å²) >= 11 is 0. The number of nitrogens with zero attached hydrogens (tertiary/aromatic N) is 1. The zero-order valence-electron chi connectivity index (χ0n) is 21.0. The van der Waals surface area contributed by atoms with Crippen molar-refractivity contribution in [2.45, 2.75) is 90.8 Å². The summed E-state index contributed by atoms with van der Waals surface area (Å²) in [6, 6.07) is 6.39. The second kappa shape index (κ2) is 9.67. The minimum absolute atomic E-state index is 0.0113. The van der Waals surface area contributed by atoms with Gasteiger partial charge in [-0.1, -0.05) is 0 Å². The van der Waals surface area contributed by atoms with Gasteiger partial charge in [-0.25, -0.2) is 0 Å². The molecular formula is C26H32F6N2O2. The Bertz CT molecular complexity index is 1080. The Balaban J connectivity index is 1.88. The van der Waals surface area contributed by atoms with Crippen LogP contribution < -0.4 is 10.1 Å². The van der Waals surface area contributed by atoms with Crippen molar-refractivity contribution >= 4 is 5.91 Å². The standard InChI is InChI=1S/C26H32F6N2O2/c1-16-6-7-17(2)34(16)20-10-11-24(13-20,15-25(27,28)29)22(35)33-14-18-12-19(26(30,31)32)8-9-21(18)36-23(3,4)5/h6-9,12,20H,10-11,13-15H2,1-5H3,(H,33,35)/t20?,24-/m0/s1. The largest absolute Gasteiger partial charge is 0.488 e. The van der Waals surface area contributed by atoms with Gasteiger partial charge < -0.3 is 14.6 Å². The Morgan fingerprint density at radius 3 is 2.19 bits per heavy atom. The summed E-state index contributed by atoms with van der Waals surface area (Å²) < 4.78 is 88.5. The topological polar surface area (TPSA) is 43.3 Å². The first kappa shape index (κ1) is 27.9. The van der Waals surface area contributed by atoms with Crippen LogP contribution in [0.4, 0.5) is 26.3 Å². The molecule has 36 heavy (non-hydrogen) atoms. The van der Waals surface area contributed by atoms with Gasteiger partial charge in [0.2, 0.25) is 5.91 Å². The molecule has 0 saturated heterocycles. The first-order valence-electron chi connectivity index (χ1n) is 11.8. The number of carbonyl (C=O) groups is 1. The highest BCUT2D eigenvalue weighted by Gasteiger charge is 2.52. The first-order valence-corrected chi connectivity index (χ1v) is 11.8. The molecule has 0 spiro atoms. The number of amides is 1. The number of rotatable bonds is 6. The average molecular weight is 519 g/mol. The minimum atomic E-state index is -4.62. The van der Waals surface area contributed by atoms with Crippen molar-refractivity contribution in [1.82, 2.24) is 9.88 Å². The van der Waals surface area contributed by atoms with Crippen molar-refractivity contribution < 1.29 is 35.9 Å². The van der Waals surface area contributed by atoms with E-state index in [1.54, 1.807) is 20.8 Å². The number of aromatic nitrogens is 1. The van der Waals surface area contributed by atoms with E-state index < -0.39 is 41.3 Å². The molecule has 2 aromatic rings. The van der Waals surface area contributed by atoms with Gasteiger partial charge in [-0.2, -0.15) is 26.3 Å². The molecule has 1 aliphatic rings.